The Hall–Kier alpha value is 0.0900. The zero-order chi connectivity index (χ0) is 11.5. The largest absolute Gasteiger partial charge is 0.374 e. The van der Waals surface area contributed by atoms with Crippen LogP contribution in [0, 0.1) is 13.8 Å². The Morgan fingerprint density at radius 1 is 1.44 bits per heavy atom. The van der Waals surface area contributed by atoms with Crippen LogP contribution >= 0.6 is 36.2 Å². The van der Waals surface area contributed by atoms with Crippen LogP contribution in [-0.2, 0) is 11.3 Å². The Labute approximate surface area is 125 Å². The van der Waals surface area contributed by atoms with Crippen molar-refractivity contribution in [1.29, 1.82) is 0 Å². The molecule has 0 radical (unpaired) electrons. The monoisotopic (exact) mass is 313 g/mol. The highest BCUT2D eigenvalue weighted by Gasteiger charge is 2.20. The second-order valence-electron chi connectivity index (χ2n) is 4.21. The van der Waals surface area contributed by atoms with Gasteiger partial charge in [0.15, 0.2) is 0 Å². The Balaban J connectivity index is 0.00000144. The predicted molar refractivity (Wildman–Crippen MR) is 80.2 cm³/mol. The van der Waals surface area contributed by atoms with Gasteiger partial charge in [0.1, 0.15) is 5.01 Å². The van der Waals surface area contributed by atoms with E-state index in [2.05, 4.69) is 23.7 Å². The fourth-order valence-corrected chi connectivity index (χ4v) is 2.84. The molecule has 1 unspecified atom stereocenters. The van der Waals surface area contributed by atoms with E-state index in [1.165, 1.54) is 9.88 Å². The number of nitrogens with zero attached hydrogens (tertiary/aromatic N) is 2. The van der Waals surface area contributed by atoms with E-state index in [0.717, 1.165) is 31.9 Å². The van der Waals surface area contributed by atoms with Crippen molar-refractivity contribution < 1.29 is 4.74 Å². The molecule has 2 heterocycles. The lowest BCUT2D eigenvalue weighted by Gasteiger charge is -2.31. The minimum Gasteiger partial charge on any atom is -0.374 e. The Bertz CT molecular complexity index is 343. The zero-order valence-electron chi connectivity index (χ0n) is 10.7. The van der Waals surface area contributed by atoms with E-state index in [4.69, 9.17) is 10.5 Å². The number of nitrogens with two attached hydrogens (primary N) is 1. The summed E-state index contributed by atoms with van der Waals surface area (Å²) in [7, 11) is 0. The number of morpholine rings is 1. The van der Waals surface area contributed by atoms with Crippen LogP contribution in [0.5, 0.6) is 0 Å². The van der Waals surface area contributed by atoms with Gasteiger partial charge in [-0.15, -0.1) is 36.2 Å². The van der Waals surface area contributed by atoms with Gasteiger partial charge in [0.2, 0.25) is 0 Å². The van der Waals surface area contributed by atoms with Gasteiger partial charge in [0.05, 0.1) is 24.9 Å². The van der Waals surface area contributed by atoms with Gasteiger partial charge in [0, 0.05) is 24.5 Å². The third kappa shape index (κ3) is 4.64. The summed E-state index contributed by atoms with van der Waals surface area (Å²) >= 11 is 1.79. The van der Waals surface area contributed by atoms with Crippen molar-refractivity contribution in [1.82, 2.24) is 9.88 Å². The molecule has 2 N–H and O–H groups in total. The topological polar surface area (TPSA) is 51.4 Å². The predicted octanol–water partition coefficient (Wildman–Crippen LogP) is 1.76. The number of ether oxygens (including phenoxy) is 1. The number of hydrogen-bond acceptors (Lipinski definition) is 5. The third-order valence-corrected chi connectivity index (χ3v) is 3.98. The molecule has 7 heteroatoms. The lowest BCUT2D eigenvalue weighted by molar-refractivity contribution is -0.0260. The molecule has 1 aromatic rings. The normalized spacial score (nSPS) is 20.1. The number of aryl methyl sites for hydroxylation is 2. The molecule has 1 aromatic heterocycles. The lowest BCUT2D eigenvalue weighted by atomic mass is 10.3. The highest BCUT2D eigenvalue weighted by molar-refractivity contribution is 7.11. The lowest BCUT2D eigenvalue weighted by Crippen LogP contribution is -2.45. The molecule has 0 amide bonds. The third-order valence-electron chi connectivity index (χ3n) is 2.92. The van der Waals surface area contributed by atoms with Crippen LogP contribution in [0.1, 0.15) is 15.6 Å². The molecule has 1 aliphatic heterocycles. The number of aromatic nitrogens is 1. The maximum absolute atomic E-state index is 5.62. The molecule has 1 atom stereocenters. The maximum Gasteiger partial charge on any atom is 0.107 e. The SMILES string of the molecule is Cc1nc(CN2CCOC(CN)C2)sc1C.Cl.Cl. The van der Waals surface area contributed by atoms with Crippen molar-refractivity contribution in [3.05, 3.63) is 15.6 Å². The van der Waals surface area contributed by atoms with Crippen molar-refractivity contribution >= 4 is 36.2 Å². The molecular formula is C11H21Cl2N3OS. The molecular weight excluding hydrogens is 293 g/mol. The first-order valence-corrected chi connectivity index (χ1v) is 6.47. The minimum atomic E-state index is 0. The standard InChI is InChI=1S/C11H19N3OS.2ClH/c1-8-9(2)16-11(13-8)7-14-3-4-15-10(5-12)6-14;;/h10H,3-7,12H2,1-2H3;2*1H. The first-order chi connectivity index (χ1) is 7.69. The van der Waals surface area contributed by atoms with E-state index in [1.54, 1.807) is 11.3 Å². The van der Waals surface area contributed by atoms with Gasteiger partial charge in [-0.2, -0.15) is 0 Å². The molecule has 106 valence electrons. The molecule has 1 saturated heterocycles. The van der Waals surface area contributed by atoms with E-state index >= 15 is 0 Å². The van der Waals surface area contributed by atoms with E-state index < -0.39 is 0 Å². The van der Waals surface area contributed by atoms with Crippen LogP contribution in [-0.4, -0.2) is 42.2 Å². The van der Waals surface area contributed by atoms with Crippen molar-refractivity contribution in [2.45, 2.75) is 26.5 Å². The molecule has 18 heavy (non-hydrogen) atoms. The van der Waals surface area contributed by atoms with Gasteiger partial charge in [-0.25, -0.2) is 4.98 Å². The van der Waals surface area contributed by atoms with Crippen molar-refractivity contribution in [3.63, 3.8) is 0 Å². The summed E-state index contributed by atoms with van der Waals surface area (Å²) in [5.74, 6) is 0. The Morgan fingerprint density at radius 2 is 2.17 bits per heavy atom. The number of rotatable bonds is 3. The molecule has 1 fully saturated rings. The van der Waals surface area contributed by atoms with Gasteiger partial charge in [-0.05, 0) is 13.8 Å². The summed E-state index contributed by atoms with van der Waals surface area (Å²) in [6, 6.07) is 0. The minimum absolute atomic E-state index is 0. The van der Waals surface area contributed by atoms with E-state index in [9.17, 15) is 0 Å². The van der Waals surface area contributed by atoms with Crippen molar-refractivity contribution in [3.8, 4) is 0 Å². The smallest absolute Gasteiger partial charge is 0.107 e. The van der Waals surface area contributed by atoms with Gasteiger partial charge in [-0.3, -0.25) is 4.90 Å². The molecule has 0 spiro atoms. The van der Waals surface area contributed by atoms with Gasteiger partial charge in [-0.1, -0.05) is 0 Å². The van der Waals surface area contributed by atoms with Crippen LogP contribution in [0.25, 0.3) is 0 Å². The van der Waals surface area contributed by atoms with Gasteiger partial charge in [0.25, 0.3) is 0 Å². The molecule has 4 nitrogen and oxygen atoms in total. The summed E-state index contributed by atoms with van der Waals surface area (Å²) in [5, 5.41) is 1.20. The molecule has 0 aromatic carbocycles. The maximum atomic E-state index is 5.62. The number of thiazole rings is 1. The fourth-order valence-electron chi connectivity index (χ4n) is 1.86. The second-order valence-corrected chi connectivity index (χ2v) is 5.50. The van der Waals surface area contributed by atoms with E-state index in [1.807, 2.05) is 0 Å². The highest BCUT2D eigenvalue weighted by Crippen LogP contribution is 2.19. The summed E-state index contributed by atoms with van der Waals surface area (Å²) < 4.78 is 5.54. The summed E-state index contributed by atoms with van der Waals surface area (Å²) in [6.45, 7) is 8.41. The van der Waals surface area contributed by atoms with Crippen LogP contribution < -0.4 is 5.73 Å². The van der Waals surface area contributed by atoms with Crippen molar-refractivity contribution in [2.75, 3.05) is 26.2 Å². The molecule has 2 rings (SSSR count). The van der Waals surface area contributed by atoms with Gasteiger partial charge >= 0.3 is 0 Å². The number of hydrogen-bond donors (Lipinski definition) is 1. The second kappa shape index (κ2) is 8.30. The highest BCUT2D eigenvalue weighted by atomic mass is 35.5. The molecule has 0 bridgehead atoms. The summed E-state index contributed by atoms with van der Waals surface area (Å²) in [5.41, 5.74) is 6.78. The molecule has 1 aliphatic rings. The zero-order valence-corrected chi connectivity index (χ0v) is 13.2. The van der Waals surface area contributed by atoms with Crippen LogP contribution in [0.2, 0.25) is 0 Å². The van der Waals surface area contributed by atoms with Crippen LogP contribution in [0.3, 0.4) is 0 Å². The first kappa shape index (κ1) is 18.1. The summed E-state index contributed by atoms with van der Waals surface area (Å²) in [4.78, 5) is 8.25. The van der Waals surface area contributed by atoms with Crippen molar-refractivity contribution in [2.24, 2.45) is 5.73 Å². The first-order valence-electron chi connectivity index (χ1n) is 5.66. The average Bonchev–Trinajstić information content (AvgIpc) is 2.58. The van der Waals surface area contributed by atoms with Gasteiger partial charge < -0.3 is 10.5 Å². The fraction of sp³-hybridized carbons (Fsp3) is 0.727. The molecule has 0 saturated carbocycles. The Morgan fingerprint density at radius 3 is 2.72 bits per heavy atom. The quantitative estimate of drug-likeness (QED) is 0.924. The van der Waals surface area contributed by atoms with E-state index in [0.29, 0.717) is 6.54 Å². The molecule has 0 aliphatic carbocycles. The van der Waals surface area contributed by atoms with E-state index in [-0.39, 0.29) is 30.9 Å². The Kier molecular flexibility index (Phi) is 8.34. The summed E-state index contributed by atoms with van der Waals surface area (Å²) in [6.07, 6.45) is 0.191. The van der Waals surface area contributed by atoms with Crippen LogP contribution in [0.4, 0.5) is 0 Å². The van der Waals surface area contributed by atoms with Crippen LogP contribution in [0.15, 0.2) is 0 Å². The number of halogens is 2. The average molecular weight is 314 g/mol.